The smallest absolute Gasteiger partial charge is 0.305 e. The van der Waals surface area contributed by atoms with E-state index in [0.717, 1.165) is 51.4 Å². The van der Waals surface area contributed by atoms with Crippen LogP contribution in [0.1, 0.15) is 450 Å². The number of unbranched alkanes of at least 4 members (excludes halogenated alkanes) is 61. The van der Waals surface area contributed by atoms with E-state index >= 15 is 0 Å². The standard InChI is InChI=1S/C82H157NO5/c1-3-5-7-9-11-13-15-17-19-20-45-48-52-56-60-64-68-72-76-82(87)88-77-73-69-65-61-57-53-49-46-43-41-39-37-35-33-31-29-27-25-23-21-22-24-26-28-30-32-34-36-38-40-42-44-47-51-55-59-63-67-71-75-81(86)83-79(78-84)80(85)74-70-66-62-58-54-50-18-16-14-12-10-8-6-4-2/h13,15,19-20,70,74,79-80,84-85H,3-12,14,16-18,21-69,71-73,75-78H2,1-2H3,(H,83,86)/b15-13-,20-19-,74-70+. The first-order valence-corrected chi connectivity index (χ1v) is 40.3. The molecule has 0 aliphatic heterocycles. The van der Waals surface area contributed by atoms with Crippen LogP contribution in [-0.4, -0.2) is 47.4 Å². The molecule has 0 radical (unpaired) electrons. The van der Waals surface area contributed by atoms with Crippen molar-refractivity contribution in [2.45, 2.75) is 463 Å². The summed E-state index contributed by atoms with van der Waals surface area (Å²) in [5.41, 5.74) is 0. The minimum atomic E-state index is -0.839. The van der Waals surface area contributed by atoms with Gasteiger partial charge in [-0.2, -0.15) is 0 Å². The minimum absolute atomic E-state index is 0.0171. The lowest BCUT2D eigenvalue weighted by Crippen LogP contribution is -2.45. The van der Waals surface area contributed by atoms with Gasteiger partial charge < -0.3 is 20.3 Å². The van der Waals surface area contributed by atoms with E-state index in [1.165, 1.54) is 372 Å². The molecule has 520 valence electrons. The summed E-state index contributed by atoms with van der Waals surface area (Å²) in [5.74, 6) is -0.0423. The van der Waals surface area contributed by atoms with Gasteiger partial charge in [0.25, 0.3) is 0 Å². The van der Waals surface area contributed by atoms with Gasteiger partial charge in [-0.05, 0) is 64.2 Å². The SMILES string of the molecule is CCCCCC/C=C\C/C=C\CCCCCCCCCC(=O)OCCCCCCCCCCCCCCCCCCCCCCCCCCCCCCCCCCCCCCCCCC(=O)NC(CO)C(O)/C=C/CCCCCCCCCCCCCC. The van der Waals surface area contributed by atoms with Crippen molar-refractivity contribution in [3.63, 3.8) is 0 Å². The zero-order chi connectivity index (χ0) is 63.5. The third kappa shape index (κ3) is 73.1. The van der Waals surface area contributed by atoms with Crippen molar-refractivity contribution in [3.8, 4) is 0 Å². The summed E-state index contributed by atoms with van der Waals surface area (Å²) in [4.78, 5) is 24.6. The van der Waals surface area contributed by atoms with Crippen LogP contribution in [0, 0.1) is 0 Å². The van der Waals surface area contributed by atoms with E-state index in [4.69, 9.17) is 4.74 Å². The highest BCUT2D eigenvalue weighted by atomic mass is 16.5. The quantitative estimate of drug-likeness (QED) is 0.0320. The highest BCUT2D eigenvalue weighted by Crippen LogP contribution is 2.20. The number of esters is 1. The summed E-state index contributed by atoms with van der Waals surface area (Å²) in [6, 6.07) is -0.623. The van der Waals surface area contributed by atoms with E-state index in [1.54, 1.807) is 6.08 Å². The van der Waals surface area contributed by atoms with Crippen LogP contribution in [0.25, 0.3) is 0 Å². The molecular weight excluding hydrogens is 1080 g/mol. The second-order valence-corrected chi connectivity index (χ2v) is 27.8. The Hall–Kier alpha value is -1.92. The Morgan fingerprint density at radius 3 is 0.875 bits per heavy atom. The lowest BCUT2D eigenvalue weighted by molar-refractivity contribution is -0.143. The molecule has 2 unspecified atom stereocenters. The van der Waals surface area contributed by atoms with Gasteiger partial charge >= 0.3 is 5.97 Å². The molecule has 0 aromatic carbocycles. The third-order valence-electron chi connectivity index (χ3n) is 18.9. The molecule has 6 heteroatoms. The van der Waals surface area contributed by atoms with Gasteiger partial charge in [0.1, 0.15) is 0 Å². The molecule has 0 fully saturated rings. The number of ether oxygens (including phenoxy) is 1. The molecule has 0 saturated carbocycles. The zero-order valence-corrected chi connectivity index (χ0v) is 59.7. The molecule has 2 atom stereocenters. The summed E-state index contributed by atoms with van der Waals surface area (Å²) in [5, 5.41) is 23.2. The van der Waals surface area contributed by atoms with Gasteiger partial charge in [0.05, 0.1) is 25.4 Å². The minimum Gasteiger partial charge on any atom is -0.466 e. The molecule has 0 spiro atoms. The largest absolute Gasteiger partial charge is 0.466 e. The van der Waals surface area contributed by atoms with Crippen molar-refractivity contribution in [2.75, 3.05) is 13.2 Å². The molecule has 88 heavy (non-hydrogen) atoms. The fraction of sp³-hybridized carbons (Fsp3) is 0.902. The van der Waals surface area contributed by atoms with E-state index < -0.39 is 12.1 Å². The summed E-state index contributed by atoms with van der Waals surface area (Å²) in [6.07, 6.45) is 101. The number of nitrogens with one attached hydrogen (secondary N) is 1. The van der Waals surface area contributed by atoms with Gasteiger partial charge in [-0.3, -0.25) is 9.59 Å². The summed E-state index contributed by atoms with van der Waals surface area (Å²) in [7, 11) is 0. The molecule has 0 aliphatic carbocycles. The molecule has 3 N–H and O–H groups in total. The second-order valence-electron chi connectivity index (χ2n) is 27.8. The van der Waals surface area contributed by atoms with Gasteiger partial charge in [-0.25, -0.2) is 0 Å². The Morgan fingerprint density at radius 2 is 0.568 bits per heavy atom. The number of amides is 1. The van der Waals surface area contributed by atoms with Crippen LogP contribution in [0.5, 0.6) is 0 Å². The Labute approximate surface area is 551 Å². The molecule has 0 aromatic heterocycles. The summed E-state index contributed by atoms with van der Waals surface area (Å²) >= 11 is 0. The van der Waals surface area contributed by atoms with Crippen LogP contribution >= 0.6 is 0 Å². The predicted molar refractivity (Wildman–Crippen MR) is 389 cm³/mol. The normalized spacial score (nSPS) is 12.6. The van der Waals surface area contributed by atoms with Crippen molar-refractivity contribution >= 4 is 11.9 Å². The first kappa shape index (κ1) is 86.1. The van der Waals surface area contributed by atoms with Crippen LogP contribution in [0.4, 0.5) is 0 Å². The van der Waals surface area contributed by atoms with Crippen molar-refractivity contribution < 1.29 is 24.5 Å². The molecule has 0 bridgehead atoms. The molecule has 0 rings (SSSR count). The molecule has 0 aliphatic rings. The topological polar surface area (TPSA) is 95.9 Å². The van der Waals surface area contributed by atoms with Crippen molar-refractivity contribution in [1.82, 2.24) is 5.32 Å². The van der Waals surface area contributed by atoms with Crippen LogP contribution in [-0.2, 0) is 14.3 Å². The van der Waals surface area contributed by atoms with Crippen molar-refractivity contribution in [2.24, 2.45) is 0 Å². The molecule has 6 nitrogen and oxygen atoms in total. The van der Waals surface area contributed by atoms with Crippen LogP contribution < -0.4 is 5.32 Å². The number of allylic oxidation sites excluding steroid dienone is 5. The fourth-order valence-electron chi connectivity index (χ4n) is 12.8. The summed E-state index contributed by atoms with van der Waals surface area (Å²) in [6.45, 7) is 4.92. The highest BCUT2D eigenvalue weighted by Gasteiger charge is 2.18. The maximum atomic E-state index is 12.5. The summed E-state index contributed by atoms with van der Waals surface area (Å²) < 4.78 is 5.51. The maximum Gasteiger partial charge on any atom is 0.305 e. The number of carbonyl (C=O) groups is 2. The zero-order valence-electron chi connectivity index (χ0n) is 59.7. The first-order chi connectivity index (χ1) is 43.5. The van der Waals surface area contributed by atoms with Gasteiger partial charge in [0.15, 0.2) is 0 Å². The fourth-order valence-corrected chi connectivity index (χ4v) is 12.8. The van der Waals surface area contributed by atoms with Gasteiger partial charge in [-0.1, -0.05) is 410 Å². The lowest BCUT2D eigenvalue weighted by atomic mass is 10.0. The van der Waals surface area contributed by atoms with Gasteiger partial charge in [-0.15, -0.1) is 0 Å². The molecular formula is C82H157NO5. The van der Waals surface area contributed by atoms with E-state index in [-0.39, 0.29) is 18.5 Å². The Balaban J connectivity index is 3.29. The predicted octanol–water partition coefficient (Wildman–Crippen LogP) is 26.6. The number of rotatable bonds is 76. The lowest BCUT2D eigenvalue weighted by Gasteiger charge is -2.20. The third-order valence-corrected chi connectivity index (χ3v) is 18.9. The van der Waals surface area contributed by atoms with Crippen LogP contribution in [0.2, 0.25) is 0 Å². The number of aliphatic hydroxyl groups is 2. The Bertz CT molecular complexity index is 1430. The van der Waals surface area contributed by atoms with Crippen molar-refractivity contribution in [1.29, 1.82) is 0 Å². The van der Waals surface area contributed by atoms with Gasteiger partial charge in [0.2, 0.25) is 5.91 Å². The Kier molecular flexibility index (Phi) is 75.8. The first-order valence-electron chi connectivity index (χ1n) is 40.3. The monoisotopic (exact) mass is 1240 g/mol. The van der Waals surface area contributed by atoms with Crippen LogP contribution in [0.3, 0.4) is 0 Å². The molecule has 0 aromatic rings. The maximum absolute atomic E-state index is 12.5. The van der Waals surface area contributed by atoms with E-state index in [9.17, 15) is 19.8 Å². The molecule has 1 amide bonds. The van der Waals surface area contributed by atoms with Crippen LogP contribution in [0.15, 0.2) is 36.5 Å². The number of hydrogen-bond acceptors (Lipinski definition) is 5. The number of carbonyl (C=O) groups excluding carboxylic acids is 2. The molecule has 0 saturated heterocycles. The van der Waals surface area contributed by atoms with Gasteiger partial charge in [0, 0.05) is 12.8 Å². The average molecular weight is 1240 g/mol. The van der Waals surface area contributed by atoms with Crippen molar-refractivity contribution in [3.05, 3.63) is 36.5 Å². The van der Waals surface area contributed by atoms with E-state index in [2.05, 4.69) is 43.5 Å². The highest BCUT2D eigenvalue weighted by molar-refractivity contribution is 5.76. The average Bonchev–Trinajstić information content (AvgIpc) is 3.58. The van der Waals surface area contributed by atoms with E-state index in [1.807, 2.05) is 6.08 Å². The molecule has 0 heterocycles. The number of hydrogen-bond donors (Lipinski definition) is 3. The number of aliphatic hydroxyl groups excluding tert-OH is 2. The van der Waals surface area contributed by atoms with E-state index in [0.29, 0.717) is 19.4 Å². The second kappa shape index (κ2) is 77.5. The Morgan fingerprint density at radius 1 is 0.318 bits per heavy atom.